The minimum absolute atomic E-state index is 0.231. The lowest BCUT2D eigenvalue weighted by molar-refractivity contribution is -0.114. The van der Waals surface area contributed by atoms with Crippen molar-refractivity contribution >= 4 is 23.2 Å². The molecule has 0 unspecified atom stereocenters. The standard InChI is InChI=1S/C14H13NOS/c1-8-3-4-10-13(5-8)17-14-7-12(16)9(2)6-11(14)15-10/h3-6,15H,7H2,1-2H3. The highest BCUT2D eigenvalue weighted by molar-refractivity contribution is 8.03. The molecule has 0 saturated heterocycles. The van der Waals surface area contributed by atoms with Crippen molar-refractivity contribution in [2.75, 3.05) is 5.32 Å². The molecule has 0 spiro atoms. The predicted octanol–water partition coefficient (Wildman–Crippen LogP) is 3.64. The summed E-state index contributed by atoms with van der Waals surface area (Å²) < 4.78 is 0. The number of ketones is 1. The van der Waals surface area contributed by atoms with Crippen LogP contribution < -0.4 is 5.32 Å². The van der Waals surface area contributed by atoms with Gasteiger partial charge in [0, 0.05) is 21.9 Å². The van der Waals surface area contributed by atoms with E-state index in [1.54, 1.807) is 11.8 Å². The number of allylic oxidation sites excluding steroid dienone is 3. The molecule has 3 rings (SSSR count). The lowest BCUT2D eigenvalue weighted by atomic mass is 10.0. The first-order chi connectivity index (χ1) is 8.13. The second kappa shape index (κ2) is 3.77. The minimum atomic E-state index is 0.231. The Bertz CT molecular complexity index is 584. The molecular formula is C14H13NOS. The number of nitrogens with one attached hydrogen (secondary N) is 1. The fourth-order valence-corrected chi connectivity index (χ4v) is 3.21. The van der Waals surface area contributed by atoms with Crippen LogP contribution >= 0.6 is 11.8 Å². The summed E-state index contributed by atoms with van der Waals surface area (Å²) in [6.07, 6.45) is 2.49. The molecule has 2 aliphatic rings. The number of hydrogen-bond donors (Lipinski definition) is 1. The number of fused-ring (bicyclic) bond motifs is 1. The highest BCUT2D eigenvalue weighted by Gasteiger charge is 2.23. The van der Waals surface area contributed by atoms with E-state index in [4.69, 9.17) is 0 Å². The van der Waals surface area contributed by atoms with E-state index in [0.717, 1.165) is 21.9 Å². The third-order valence-electron chi connectivity index (χ3n) is 3.06. The van der Waals surface area contributed by atoms with Gasteiger partial charge in [-0.1, -0.05) is 17.8 Å². The zero-order chi connectivity index (χ0) is 12.0. The first-order valence-electron chi connectivity index (χ1n) is 5.63. The van der Waals surface area contributed by atoms with Gasteiger partial charge in [-0.15, -0.1) is 0 Å². The third kappa shape index (κ3) is 1.80. The molecule has 17 heavy (non-hydrogen) atoms. The van der Waals surface area contributed by atoms with Gasteiger partial charge in [-0.3, -0.25) is 4.79 Å². The first kappa shape index (κ1) is 10.7. The van der Waals surface area contributed by atoms with Gasteiger partial charge in [0.15, 0.2) is 5.78 Å². The van der Waals surface area contributed by atoms with Gasteiger partial charge in [0.1, 0.15) is 0 Å². The number of aryl methyl sites for hydroxylation is 1. The Kier molecular flexibility index (Phi) is 2.37. The summed E-state index contributed by atoms with van der Waals surface area (Å²) in [4.78, 5) is 14.0. The van der Waals surface area contributed by atoms with Crippen molar-refractivity contribution in [1.82, 2.24) is 0 Å². The quantitative estimate of drug-likeness (QED) is 0.754. The van der Waals surface area contributed by atoms with E-state index in [-0.39, 0.29) is 5.78 Å². The maximum atomic E-state index is 11.7. The molecule has 1 aromatic rings. The Morgan fingerprint density at radius 1 is 1.29 bits per heavy atom. The fraction of sp³-hybridized carbons (Fsp3) is 0.214. The predicted molar refractivity (Wildman–Crippen MR) is 71.1 cm³/mol. The number of thioether (sulfide) groups is 1. The van der Waals surface area contributed by atoms with E-state index in [9.17, 15) is 4.79 Å². The summed E-state index contributed by atoms with van der Waals surface area (Å²) in [5.74, 6) is 0.231. The molecule has 1 aromatic carbocycles. The molecule has 1 heterocycles. The van der Waals surface area contributed by atoms with Crippen molar-refractivity contribution in [1.29, 1.82) is 0 Å². The van der Waals surface area contributed by atoms with Crippen molar-refractivity contribution in [2.45, 2.75) is 25.2 Å². The molecule has 0 saturated carbocycles. The van der Waals surface area contributed by atoms with Gasteiger partial charge in [-0.2, -0.15) is 0 Å². The van der Waals surface area contributed by atoms with Gasteiger partial charge in [-0.25, -0.2) is 0 Å². The van der Waals surface area contributed by atoms with E-state index >= 15 is 0 Å². The van der Waals surface area contributed by atoms with Crippen LogP contribution in [-0.2, 0) is 4.79 Å². The smallest absolute Gasteiger partial charge is 0.163 e. The average Bonchev–Trinajstić information content (AvgIpc) is 2.28. The second-order valence-electron chi connectivity index (χ2n) is 4.49. The summed E-state index contributed by atoms with van der Waals surface area (Å²) in [6.45, 7) is 3.96. The fourth-order valence-electron chi connectivity index (χ4n) is 2.05. The van der Waals surface area contributed by atoms with Crippen LogP contribution in [0.5, 0.6) is 0 Å². The highest BCUT2D eigenvalue weighted by atomic mass is 32.2. The number of Topliss-reactive ketones (excluding diaryl/α,β-unsaturated/α-hetero) is 1. The Morgan fingerprint density at radius 2 is 2.12 bits per heavy atom. The van der Waals surface area contributed by atoms with Gasteiger partial charge in [-0.05, 0) is 43.2 Å². The largest absolute Gasteiger partial charge is 0.354 e. The van der Waals surface area contributed by atoms with Gasteiger partial charge < -0.3 is 5.32 Å². The summed E-state index contributed by atoms with van der Waals surface area (Å²) >= 11 is 1.71. The molecular weight excluding hydrogens is 230 g/mol. The zero-order valence-corrected chi connectivity index (χ0v) is 10.6. The van der Waals surface area contributed by atoms with Crippen LogP contribution in [0.3, 0.4) is 0 Å². The summed E-state index contributed by atoms with van der Waals surface area (Å²) in [7, 11) is 0. The molecule has 3 heteroatoms. The van der Waals surface area contributed by atoms with Crippen molar-refractivity contribution in [3.8, 4) is 0 Å². The van der Waals surface area contributed by atoms with Crippen molar-refractivity contribution < 1.29 is 4.79 Å². The molecule has 86 valence electrons. The SMILES string of the molecule is CC1=CC2=C(CC1=O)Sc1cc(C)ccc1N2. The van der Waals surface area contributed by atoms with E-state index < -0.39 is 0 Å². The summed E-state index contributed by atoms with van der Waals surface area (Å²) in [6, 6.07) is 6.36. The van der Waals surface area contributed by atoms with Crippen LogP contribution in [0.25, 0.3) is 0 Å². The number of anilines is 1. The molecule has 1 N–H and O–H groups in total. The van der Waals surface area contributed by atoms with Gasteiger partial charge in [0.2, 0.25) is 0 Å². The minimum Gasteiger partial charge on any atom is -0.354 e. The molecule has 1 aliphatic heterocycles. The number of carbonyl (C=O) groups excluding carboxylic acids is 1. The summed E-state index contributed by atoms with van der Waals surface area (Å²) in [5.41, 5.74) is 4.31. The molecule has 0 atom stereocenters. The highest BCUT2D eigenvalue weighted by Crippen LogP contribution is 2.43. The molecule has 2 nitrogen and oxygen atoms in total. The molecule has 0 radical (unpaired) electrons. The van der Waals surface area contributed by atoms with Gasteiger partial charge in [0.25, 0.3) is 0 Å². The Hall–Kier alpha value is -1.48. The number of carbonyl (C=O) groups is 1. The van der Waals surface area contributed by atoms with Crippen LogP contribution in [0.4, 0.5) is 5.69 Å². The second-order valence-corrected chi connectivity index (χ2v) is 5.63. The molecule has 1 aliphatic carbocycles. The van der Waals surface area contributed by atoms with Crippen LogP contribution in [0.15, 0.2) is 45.3 Å². The lowest BCUT2D eigenvalue weighted by Crippen LogP contribution is -2.15. The maximum absolute atomic E-state index is 11.7. The van der Waals surface area contributed by atoms with E-state index in [1.807, 2.05) is 13.0 Å². The van der Waals surface area contributed by atoms with Crippen LogP contribution in [0.1, 0.15) is 18.9 Å². The van der Waals surface area contributed by atoms with Gasteiger partial charge >= 0.3 is 0 Å². The lowest BCUT2D eigenvalue weighted by Gasteiger charge is -2.25. The van der Waals surface area contributed by atoms with Crippen LogP contribution in [0, 0.1) is 6.92 Å². The maximum Gasteiger partial charge on any atom is 0.163 e. The average molecular weight is 243 g/mol. The van der Waals surface area contributed by atoms with E-state index in [1.165, 1.54) is 10.5 Å². The molecule has 0 fully saturated rings. The first-order valence-corrected chi connectivity index (χ1v) is 6.45. The number of rotatable bonds is 0. The molecule has 0 amide bonds. The zero-order valence-electron chi connectivity index (χ0n) is 9.83. The molecule has 0 aromatic heterocycles. The van der Waals surface area contributed by atoms with Crippen molar-refractivity contribution in [3.63, 3.8) is 0 Å². The monoisotopic (exact) mass is 243 g/mol. The normalized spacial score (nSPS) is 18.2. The third-order valence-corrected chi connectivity index (χ3v) is 4.23. The van der Waals surface area contributed by atoms with E-state index in [2.05, 4.69) is 30.4 Å². The number of benzene rings is 1. The van der Waals surface area contributed by atoms with E-state index in [0.29, 0.717) is 6.42 Å². The Balaban J connectivity index is 2.03. The topological polar surface area (TPSA) is 29.1 Å². The van der Waals surface area contributed by atoms with Crippen molar-refractivity contribution in [2.24, 2.45) is 0 Å². The van der Waals surface area contributed by atoms with Gasteiger partial charge in [0.05, 0.1) is 5.69 Å². The Morgan fingerprint density at radius 3 is 2.94 bits per heavy atom. The molecule has 0 bridgehead atoms. The summed E-state index contributed by atoms with van der Waals surface area (Å²) in [5, 5.41) is 3.41. The van der Waals surface area contributed by atoms with Crippen LogP contribution in [-0.4, -0.2) is 5.78 Å². The van der Waals surface area contributed by atoms with Crippen molar-refractivity contribution in [3.05, 3.63) is 46.0 Å². The number of hydrogen-bond acceptors (Lipinski definition) is 3. The van der Waals surface area contributed by atoms with Crippen LogP contribution in [0.2, 0.25) is 0 Å². The Labute approximate surface area is 105 Å².